The fourth-order valence-corrected chi connectivity index (χ4v) is 7.08. The number of benzene rings is 2. The van der Waals surface area contributed by atoms with E-state index in [0.29, 0.717) is 64.3 Å². The summed E-state index contributed by atoms with van der Waals surface area (Å²) >= 11 is 0. The lowest BCUT2D eigenvalue weighted by atomic mass is 9.99. The van der Waals surface area contributed by atoms with Crippen LogP contribution in [0.2, 0.25) is 0 Å². The molecule has 1 saturated heterocycles. The number of Topliss-reactive ketones (excluding diaryl/α,β-unsaturated/α-hetero) is 1. The predicted molar refractivity (Wildman–Crippen MR) is 190 cm³/mol. The second kappa shape index (κ2) is 15.3. The average molecular weight is 710 g/mol. The summed E-state index contributed by atoms with van der Waals surface area (Å²) in [5, 5.41) is 7.88. The summed E-state index contributed by atoms with van der Waals surface area (Å²) in [7, 11) is 0. The molecule has 4 heterocycles. The highest BCUT2D eigenvalue weighted by Crippen LogP contribution is 2.34. The van der Waals surface area contributed by atoms with Crippen molar-refractivity contribution in [1.29, 1.82) is 0 Å². The number of carbonyl (C=O) groups is 7. The van der Waals surface area contributed by atoms with Gasteiger partial charge in [0.25, 0.3) is 23.6 Å². The first-order valence-electron chi connectivity index (χ1n) is 17.6. The molecule has 1 fully saturated rings. The molecule has 1 aromatic heterocycles. The summed E-state index contributed by atoms with van der Waals surface area (Å²) in [6.45, 7) is 4.13. The Hall–Kier alpha value is -5.72. The number of hydrogen-bond acceptors (Lipinski definition) is 7. The number of piperidine rings is 1. The average Bonchev–Trinajstić information content (AvgIpc) is 3.67. The number of anilines is 1. The Morgan fingerprint density at radius 2 is 1.58 bits per heavy atom. The van der Waals surface area contributed by atoms with E-state index >= 15 is 0 Å². The van der Waals surface area contributed by atoms with E-state index in [1.54, 1.807) is 13.0 Å². The van der Waals surface area contributed by atoms with Crippen molar-refractivity contribution in [3.05, 3.63) is 87.0 Å². The van der Waals surface area contributed by atoms with Crippen LogP contribution in [0.4, 0.5) is 10.1 Å². The SMILES string of the molecule is Cc1[nH]c(/C=C2\C(=O)Nc3ccc(F)cc32)c(C)c1C(=O)NCCCCCCCCCC(=O)c1ccc2c(c1)C(=O)N(C1CCC(=O)NC1=O)C2=O. The van der Waals surface area contributed by atoms with E-state index in [2.05, 4.69) is 20.9 Å². The molecule has 3 aromatic rings. The van der Waals surface area contributed by atoms with Gasteiger partial charge in [-0.3, -0.25) is 43.8 Å². The number of H-pyrrole nitrogens is 1. The molecule has 0 saturated carbocycles. The number of amides is 6. The molecule has 0 bridgehead atoms. The summed E-state index contributed by atoms with van der Waals surface area (Å²) < 4.78 is 13.8. The number of fused-ring (bicyclic) bond motifs is 2. The first-order valence-corrected chi connectivity index (χ1v) is 17.6. The zero-order valence-electron chi connectivity index (χ0n) is 29.1. The number of rotatable bonds is 14. The minimum absolute atomic E-state index is 0.0355. The maximum Gasteiger partial charge on any atom is 0.262 e. The molecule has 0 radical (unpaired) electrons. The maximum atomic E-state index is 13.8. The first-order chi connectivity index (χ1) is 24.9. The standard InChI is InChI=1S/C39H40FN5O7/c1-21-30(20-27-26-19-24(40)12-14-29(26)43-35(27)48)42-22(2)34(21)37(50)41-17-9-7-5-3-4-6-8-10-32(46)23-11-13-25-28(18-23)39(52)45(38(25)51)31-15-16-33(47)44-36(31)49/h11-14,18-20,31,42H,3-10,15-17H2,1-2H3,(H,41,50)(H,43,48)(H,44,47,49)/b27-20-. The van der Waals surface area contributed by atoms with Crippen molar-refractivity contribution >= 4 is 58.6 Å². The third-order valence-corrected chi connectivity index (χ3v) is 9.88. The highest BCUT2D eigenvalue weighted by molar-refractivity contribution is 6.35. The zero-order chi connectivity index (χ0) is 37.1. The van der Waals surface area contributed by atoms with E-state index < -0.39 is 35.5 Å². The van der Waals surface area contributed by atoms with Crippen molar-refractivity contribution in [1.82, 2.24) is 20.5 Å². The summed E-state index contributed by atoms with van der Waals surface area (Å²) in [6.07, 6.45) is 8.27. The van der Waals surface area contributed by atoms with Crippen LogP contribution in [-0.4, -0.2) is 63.7 Å². The van der Waals surface area contributed by atoms with E-state index in [4.69, 9.17) is 0 Å². The fourth-order valence-electron chi connectivity index (χ4n) is 7.08. The number of aromatic nitrogens is 1. The number of nitrogens with one attached hydrogen (secondary N) is 4. The van der Waals surface area contributed by atoms with E-state index in [9.17, 15) is 38.0 Å². The molecule has 2 aromatic carbocycles. The number of carbonyl (C=O) groups excluding carboxylic acids is 7. The van der Waals surface area contributed by atoms with Crippen molar-refractivity contribution in [2.45, 2.75) is 84.1 Å². The number of unbranched alkanes of at least 4 members (excludes halogenated alkanes) is 6. The van der Waals surface area contributed by atoms with Gasteiger partial charge in [0, 0.05) is 47.6 Å². The van der Waals surface area contributed by atoms with Gasteiger partial charge in [0.15, 0.2) is 5.78 Å². The normalized spacial score (nSPS) is 17.4. The smallest absolute Gasteiger partial charge is 0.262 e. The Morgan fingerprint density at radius 3 is 2.33 bits per heavy atom. The molecule has 270 valence electrons. The second-order valence-corrected chi connectivity index (χ2v) is 13.5. The van der Waals surface area contributed by atoms with Crippen LogP contribution in [0.3, 0.4) is 0 Å². The number of aryl methyl sites for hydroxylation is 1. The molecule has 6 amide bonds. The van der Waals surface area contributed by atoms with Crippen molar-refractivity contribution in [2.24, 2.45) is 0 Å². The van der Waals surface area contributed by atoms with E-state index in [-0.39, 0.29) is 41.6 Å². The van der Waals surface area contributed by atoms with Gasteiger partial charge < -0.3 is 15.6 Å². The van der Waals surface area contributed by atoms with Gasteiger partial charge in [-0.15, -0.1) is 0 Å². The third-order valence-electron chi connectivity index (χ3n) is 9.88. The molecule has 4 N–H and O–H groups in total. The van der Waals surface area contributed by atoms with Crippen LogP contribution in [0.25, 0.3) is 11.6 Å². The van der Waals surface area contributed by atoms with Crippen LogP contribution in [0.1, 0.15) is 128 Å². The van der Waals surface area contributed by atoms with Gasteiger partial charge >= 0.3 is 0 Å². The van der Waals surface area contributed by atoms with Crippen molar-refractivity contribution in [3.63, 3.8) is 0 Å². The molecule has 1 atom stereocenters. The zero-order valence-corrected chi connectivity index (χ0v) is 29.1. The Morgan fingerprint density at radius 1 is 0.865 bits per heavy atom. The highest BCUT2D eigenvalue weighted by atomic mass is 19.1. The Kier molecular flexibility index (Phi) is 10.6. The van der Waals surface area contributed by atoms with Crippen molar-refractivity contribution in [2.75, 3.05) is 11.9 Å². The van der Waals surface area contributed by atoms with Gasteiger partial charge in [-0.05, 0) is 75.1 Å². The molecule has 0 spiro atoms. The lowest BCUT2D eigenvalue weighted by Crippen LogP contribution is -2.54. The number of ketones is 1. The third kappa shape index (κ3) is 7.34. The van der Waals surface area contributed by atoms with E-state index in [0.717, 1.165) is 43.4 Å². The fraction of sp³-hybridized carbons (Fsp3) is 0.359. The number of aromatic amines is 1. The molecule has 13 heteroatoms. The van der Waals surface area contributed by atoms with Crippen LogP contribution in [0.15, 0.2) is 36.4 Å². The van der Waals surface area contributed by atoms with Crippen LogP contribution >= 0.6 is 0 Å². The number of nitrogens with zero attached hydrogens (tertiary/aromatic N) is 1. The van der Waals surface area contributed by atoms with Crippen LogP contribution < -0.4 is 16.0 Å². The number of imide groups is 2. The topological polar surface area (TPSA) is 175 Å². The minimum Gasteiger partial charge on any atom is -0.358 e. The Bertz CT molecular complexity index is 2050. The van der Waals surface area contributed by atoms with Gasteiger partial charge in [-0.2, -0.15) is 0 Å². The van der Waals surface area contributed by atoms with E-state index in [1.807, 2.05) is 6.92 Å². The minimum atomic E-state index is -1.05. The molecule has 6 rings (SSSR count). The van der Waals surface area contributed by atoms with Gasteiger partial charge in [0.2, 0.25) is 11.8 Å². The van der Waals surface area contributed by atoms with Gasteiger partial charge in [0.05, 0.1) is 22.3 Å². The van der Waals surface area contributed by atoms with E-state index in [1.165, 1.54) is 36.4 Å². The molecule has 3 aliphatic rings. The second-order valence-electron chi connectivity index (χ2n) is 13.5. The lowest BCUT2D eigenvalue weighted by molar-refractivity contribution is -0.136. The molecule has 12 nitrogen and oxygen atoms in total. The largest absolute Gasteiger partial charge is 0.358 e. The Labute approximate surface area is 299 Å². The molecule has 0 aliphatic carbocycles. The summed E-state index contributed by atoms with van der Waals surface area (Å²) in [4.78, 5) is 92.2. The van der Waals surface area contributed by atoms with Crippen molar-refractivity contribution < 1.29 is 38.0 Å². The van der Waals surface area contributed by atoms with Crippen molar-refractivity contribution in [3.8, 4) is 0 Å². The molecule has 3 aliphatic heterocycles. The van der Waals surface area contributed by atoms with Crippen LogP contribution in [-0.2, 0) is 14.4 Å². The number of hydrogen-bond donors (Lipinski definition) is 4. The highest BCUT2D eigenvalue weighted by Gasteiger charge is 2.44. The Balaban J connectivity index is 0.886. The summed E-state index contributed by atoms with van der Waals surface area (Å²) in [6, 6.07) is 7.49. The van der Waals surface area contributed by atoms with Gasteiger partial charge in [0.1, 0.15) is 11.9 Å². The first kappa shape index (κ1) is 36.1. The molecule has 52 heavy (non-hydrogen) atoms. The summed E-state index contributed by atoms with van der Waals surface area (Å²) in [5.41, 5.74) is 4.45. The molecule has 1 unspecified atom stereocenters. The number of halogens is 1. The predicted octanol–water partition coefficient (Wildman–Crippen LogP) is 5.40. The van der Waals surface area contributed by atoms with Crippen LogP contribution in [0, 0.1) is 19.7 Å². The van der Waals surface area contributed by atoms with Gasteiger partial charge in [-0.1, -0.05) is 38.2 Å². The summed E-state index contributed by atoms with van der Waals surface area (Å²) in [5.74, 6) is -3.46. The van der Waals surface area contributed by atoms with Crippen LogP contribution in [0.5, 0.6) is 0 Å². The van der Waals surface area contributed by atoms with Gasteiger partial charge in [-0.25, -0.2) is 4.39 Å². The molecular weight excluding hydrogens is 669 g/mol. The monoisotopic (exact) mass is 709 g/mol. The maximum absolute atomic E-state index is 13.8. The quantitative estimate of drug-likeness (QED) is 0.0751. The lowest BCUT2D eigenvalue weighted by Gasteiger charge is -2.27. The molecular formula is C39H40FN5O7.